The second-order valence-electron chi connectivity index (χ2n) is 10.9. The van der Waals surface area contributed by atoms with Gasteiger partial charge in [-0.1, -0.05) is 36.4 Å². The Morgan fingerprint density at radius 3 is 0.971 bits per heavy atom. The zero-order valence-electron chi connectivity index (χ0n) is 19.1. The monoisotopic (exact) mass is 439 g/mol. The smallest absolute Gasteiger partial charge is 0.0991 e. The SMILES string of the molecule is N#Cc1ccc(C23CC4CC(c5ccc(C#N)cc5)(C2)CC(c2ccc(C#N)cc2)(C4)C3)cc1. The van der Waals surface area contributed by atoms with E-state index in [-0.39, 0.29) is 16.2 Å². The molecule has 7 rings (SSSR count). The van der Waals surface area contributed by atoms with Gasteiger partial charge in [-0.25, -0.2) is 0 Å². The second-order valence-corrected chi connectivity index (χ2v) is 10.9. The van der Waals surface area contributed by atoms with Gasteiger partial charge in [0, 0.05) is 0 Å². The van der Waals surface area contributed by atoms with Crippen molar-refractivity contribution in [3.63, 3.8) is 0 Å². The molecule has 0 radical (unpaired) electrons. The van der Waals surface area contributed by atoms with Crippen molar-refractivity contribution in [2.45, 2.75) is 54.8 Å². The van der Waals surface area contributed by atoms with E-state index in [1.165, 1.54) is 36.0 Å². The van der Waals surface area contributed by atoms with Crippen LogP contribution in [0.5, 0.6) is 0 Å². The summed E-state index contributed by atoms with van der Waals surface area (Å²) < 4.78 is 0. The molecule has 0 N–H and O–H groups in total. The molecule has 0 spiro atoms. The highest BCUT2D eigenvalue weighted by Crippen LogP contribution is 2.70. The first-order valence-electron chi connectivity index (χ1n) is 12.0. The highest BCUT2D eigenvalue weighted by Gasteiger charge is 2.64. The van der Waals surface area contributed by atoms with E-state index in [0.29, 0.717) is 22.6 Å². The quantitative estimate of drug-likeness (QED) is 0.473. The minimum absolute atomic E-state index is 0.0647. The highest BCUT2D eigenvalue weighted by molar-refractivity contribution is 5.47. The molecule has 3 heteroatoms. The van der Waals surface area contributed by atoms with Crippen LogP contribution in [-0.2, 0) is 16.2 Å². The van der Waals surface area contributed by atoms with Gasteiger partial charge >= 0.3 is 0 Å². The van der Waals surface area contributed by atoms with Gasteiger partial charge in [-0.05, 0) is 114 Å². The zero-order chi connectivity index (χ0) is 23.4. The summed E-state index contributed by atoms with van der Waals surface area (Å²) in [5.74, 6) is 0.623. The standard InChI is InChI=1S/C31H25N3/c32-16-22-1-7-26(8-2-22)29-13-25-14-30(19-29,27-9-3-23(17-33)4-10-27)21-31(15-25,20-29)28-11-5-24(18-34)6-12-28/h1-12,25H,13-15,19-21H2. The number of rotatable bonds is 3. The Morgan fingerprint density at radius 2 is 0.735 bits per heavy atom. The van der Waals surface area contributed by atoms with E-state index in [1.807, 2.05) is 36.4 Å². The van der Waals surface area contributed by atoms with Crippen LogP contribution in [0.15, 0.2) is 72.8 Å². The Bertz CT molecular complexity index is 1200. The summed E-state index contributed by atoms with van der Waals surface area (Å²) in [4.78, 5) is 0. The van der Waals surface area contributed by atoms with Crippen molar-refractivity contribution in [2.75, 3.05) is 0 Å². The molecule has 4 aliphatic carbocycles. The third-order valence-electron chi connectivity index (χ3n) is 8.95. The first kappa shape index (κ1) is 20.7. The molecule has 0 heterocycles. The van der Waals surface area contributed by atoms with Gasteiger partial charge in [-0.2, -0.15) is 15.8 Å². The van der Waals surface area contributed by atoms with Crippen molar-refractivity contribution in [2.24, 2.45) is 5.92 Å². The molecular weight excluding hydrogens is 414 g/mol. The van der Waals surface area contributed by atoms with Crippen molar-refractivity contribution >= 4 is 0 Å². The molecule has 4 saturated carbocycles. The molecule has 3 aromatic carbocycles. The third-order valence-corrected chi connectivity index (χ3v) is 8.95. The molecule has 4 bridgehead atoms. The van der Waals surface area contributed by atoms with Gasteiger partial charge in [-0.15, -0.1) is 0 Å². The van der Waals surface area contributed by atoms with Crippen molar-refractivity contribution in [3.05, 3.63) is 106 Å². The van der Waals surface area contributed by atoms with E-state index in [4.69, 9.17) is 0 Å². The Hall–Kier alpha value is -3.87. The van der Waals surface area contributed by atoms with Gasteiger partial charge in [-0.3, -0.25) is 0 Å². The zero-order valence-corrected chi connectivity index (χ0v) is 19.1. The van der Waals surface area contributed by atoms with E-state index in [2.05, 4.69) is 54.6 Å². The van der Waals surface area contributed by atoms with Crippen LogP contribution in [-0.4, -0.2) is 0 Å². The van der Waals surface area contributed by atoms with E-state index in [0.717, 1.165) is 19.3 Å². The molecular formula is C31H25N3. The van der Waals surface area contributed by atoms with Gasteiger partial charge in [0.05, 0.1) is 34.9 Å². The van der Waals surface area contributed by atoms with Gasteiger partial charge < -0.3 is 0 Å². The normalized spacial score (nSPS) is 30.8. The van der Waals surface area contributed by atoms with Crippen molar-refractivity contribution in [3.8, 4) is 18.2 Å². The maximum atomic E-state index is 9.33. The van der Waals surface area contributed by atoms with Gasteiger partial charge in [0.1, 0.15) is 0 Å². The summed E-state index contributed by atoms with van der Waals surface area (Å²) in [7, 11) is 0. The van der Waals surface area contributed by atoms with Crippen molar-refractivity contribution in [1.82, 2.24) is 0 Å². The molecule has 34 heavy (non-hydrogen) atoms. The van der Waals surface area contributed by atoms with E-state index >= 15 is 0 Å². The van der Waals surface area contributed by atoms with E-state index in [1.54, 1.807) is 0 Å². The summed E-state index contributed by atoms with van der Waals surface area (Å²) in [6.07, 6.45) is 6.88. The lowest BCUT2D eigenvalue weighted by Gasteiger charge is -2.67. The lowest BCUT2D eigenvalue weighted by atomic mass is 9.36. The third kappa shape index (κ3) is 3.00. The first-order chi connectivity index (χ1) is 16.5. The average molecular weight is 440 g/mol. The molecule has 0 saturated heterocycles. The molecule has 0 unspecified atom stereocenters. The van der Waals surface area contributed by atoms with Crippen LogP contribution >= 0.6 is 0 Å². The molecule has 3 aromatic rings. The molecule has 0 aliphatic heterocycles. The number of benzene rings is 3. The van der Waals surface area contributed by atoms with Crippen LogP contribution in [0.1, 0.15) is 71.9 Å². The number of nitrogens with zero attached hydrogens (tertiary/aromatic N) is 3. The van der Waals surface area contributed by atoms with Crippen LogP contribution < -0.4 is 0 Å². The average Bonchev–Trinajstić information content (AvgIpc) is 2.88. The minimum Gasteiger partial charge on any atom is -0.192 e. The van der Waals surface area contributed by atoms with Crippen LogP contribution in [0, 0.1) is 39.9 Å². The Kier molecular flexibility index (Phi) is 4.46. The maximum Gasteiger partial charge on any atom is 0.0991 e. The summed E-state index contributed by atoms with van der Waals surface area (Å²) in [5, 5.41) is 28.0. The molecule has 0 aromatic heterocycles. The second kappa shape index (κ2) is 7.32. The number of hydrogen-bond acceptors (Lipinski definition) is 3. The van der Waals surface area contributed by atoms with Crippen LogP contribution in [0.2, 0.25) is 0 Å². The lowest BCUT2D eigenvalue weighted by Crippen LogP contribution is -2.61. The van der Waals surface area contributed by atoms with Crippen LogP contribution in [0.25, 0.3) is 0 Å². The maximum absolute atomic E-state index is 9.33. The van der Waals surface area contributed by atoms with E-state index < -0.39 is 0 Å². The summed E-state index contributed by atoms with van der Waals surface area (Å²) >= 11 is 0. The Balaban J connectivity index is 1.52. The fraction of sp³-hybridized carbons (Fsp3) is 0.323. The van der Waals surface area contributed by atoms with Gasteiger partial charge in [0.15, 0.2) is 0 Å². The number of hydrogen-bond donors (Lipinski definition) is 0. The summed E-state index contributed by atoms with van der Waals surface area (Å²) in [5.41, 5.74) is 6.37. The molecule has 0 atom stereocenters. The lowest BCUT2D eigenvalue weighted by molar-refractivity contribution is -0.0493. The van der Waals surface area contributed by atoms with Gasteiger partial charge in [0.2, 0.25) is 0 Å². The predicted molar refractivity (Wildman–Crippen MR) is 130 cm³/mol. The van der Waals surface area contributed by atoms with E-state index in [9.17, 15) is 15.8 Å². The van der Waals surface area contributed by atoms with Gasteiger partial charge in [0.25, 0.3) is 0 Å². The van der Waals surface area contributed by atoms with Crippen LogP contribution in [0.3, 0.4) is 0 Å². The molecule has 3 nitrogen and oxygen atoms in total. The fourth-order valence-corrected chi connectivity index (χ4v) is 8.10. The van der Waals surface area contributed by atoms with Crippen LogP contribution in [0.4, 0.5) is 0 Å². The van der Waals surface area contributed by atoms with Crippen molar-refractivity contribution < 1.29 is 0 Å². The molecule has 4 aliphatic rings. The molecule has 4 fully saturated rings. The largest absolute Gasteiger partial charge is 0.192 e. The highest BCUT2D eigenvalue weighted by atomic mass is 14.7. The molecule has 0 amide bonds. The fourth-order valence-electron chi connectivity index (χ4n) is 8.10. The topological polar surface area (TPSA) is 71.4 Å². The summed E-state index contributed by atoms with van der Waals surface area (Å²) in [6, 6.07) is 31.7. The predicted octanol–water partition coefficient (Wildman–Crippen LogP) is 6.41. The molecule has 164 valence electrons. The summed E-state index contributed by atoms with van der Waals surface area (Å²) in [6.45, 7) is 0. The minimum atomic E-state index is 0.0647. The Morgan fingerprint density at radius 1 is 0.471 bits per heavy atom. The first-order valence-corrected chi connectivity index (χ1v) is 12.0. The number of nitriles is 3. The Labute approximate surface area is 200 Å². The van der Waals surface area contributed by atoms with Crippen molar-refractivity contribution in [1.29, 1.82) is 15.8 Å².